The molecular formula is C8H19N3O4S. The number of carbonyl (C=O) groups excluding carboxylic acids is 1. The topological polar surface area (TPSA) is 102 Å². The molecule has 1 unspecified atom stereocenters. The molecule has 0 aromatic heterocycles. The van der Waals surface area contributed by atoms with E-state index in [0.29, 0.717) is 6.42 Å². The van der Waals surface area contributed by atoms with Crippen LogP contribution in [-0.2, 0) is 14.9 Å². The Morgan fingerprint density at radius 2 is 2.12 bits per heavy atom. The number of ether oxygens (including phenoxy) is 1. The van der Waals surface area contributed by atoms with Gasteiger partial charge in [-0.25, -0.2) is 9.52 Å². The molecule has 0 spiro atoms. The first kappa shape index (κ1) is 15.1. The lowest BCUT2D eigenvalue weighted by atomic mass is 10.2. The lowest BCUT2D eigenvalue weighted by Gasteiger charge is -2.18. The first-order valence-electron chi connectivity index (χ1n) is 4.96. The molecule has 7 nitrogen and oxygen atoms in total. The quantitative estimate of drug-likeness (QED) is 0.673. The van der Waals surface area contributed by atoms with Crippen molar-refractivity contribution in [3.05, 3.63) is 0 Å². The predicted molar refractivity (Wildman–Crippen MR) is 60.0 cm³/mol. The smallest absolute Gasteiger partial charge is 0.421 e. The van der Waals surface area contributed by atoms with Gasteiger partial charge in [0, 0.05) is 19.6 Å². The van der Waals surface area contributed by atoms with E-state index in [0.717, 1.165) is 4.31 Å². The van der Waals surface area contributed by atoms with E-state index in [-0.39, 0.29) is 19.2 Å². The molecule has 96 valence electrons. The first-order chi connectivity index (χ1) is 7.29. The van der Waals surface area contributed by atoms with Gasteiger partial charge in [-0.1, -0.05) is 0 Å². The van der Waals surface area contributed by atoms with Gasteiger partial charge >= 0.3 is 16.3 Å². The lowest BCUT2D eigenvalue weighted by Crippen LogP contribution is -2.42. The minimum absolute atomic E-state index is 0.0970. The average molecular weight is 253 g/mol. The Morgan fingerprint density at radius 1 is 1.56 bits per heavy atom. The van der Waals surface area contributed by atoms with Crippen molar-refractivity contribution in [2.24, 2.45) is 5.73 Å². The molecule has 1 amide bonds. The maximum Gasteiger partial charge on any atom is 0.421 e. The summed E-state index contributed by atoms with van der Waals surface area (Å²) in [4.78, 5) is 10.9. The summed E-state index contributed by atoms with van der Waals surface area (Å²) in [7, 11) is -2.46. The van der Waals surface area contributed by atoms with E-state index in [4.69, 9.17) is 5.73 Å². The average Bonchev–Trinajstić information content (AvgIpc) is 2.13. The van der Waals surface area contributed by atoms with Gasteiger partial charge in [-0.05, 0) is 20.3 Å². The molecule has 0 fully saturated rings. The molecule has 0 aromatic carbocycles. The highest BCUT2D eigenvalue weighted by molar-refractivity contribution is 7.87. The van der Waals surface area contributed by atoms with Gasteiger partial charge in [-0.2, -0.15) is 12.7 Å². The van der Waals surface area contributed by atoms with E-state index < -0.39 is 16.3 Å². The zero-order valence-electron chi connectivity index (χ0n) is 9.76. The van der Waals surface area contributed by atoms with Gasteiger partial charge in [0.1, 0.15) is 0 Å². The van der Waals surface area contributed by atoms with Gasteiger partial charge in [-0.3, -0.25) is 0 Å². The van der Waals surface area contributed by atoms with E-state index in [1.165, 1.54) is 7.05 Å². The fourth-order valence-corrected chi connectivity index (χ4v) is 1.62. The zero-order valence-corrected chi connectivity index (χ0v) is 10.6. The number of carbonyl (C=O) groups is 1. The highest BCUT2D eigenvalue weighted by Gasteiger charge is 2.20. The minimum atomic E-state index is -3.82. The van der Waals surface area contributed by atoms with Crippen LogP contribution in [0.3, 0.4) is 0 Å². The van der Waals surface area contributed by atoms with Crippen LogP contribution in [0, 0.1) is 0 Å². The summed E-state index contributed by atoms with van der Waals surface area (Å²) in [6.07, 6.45) is -0.463. The molecule has 0 radical (unpaired) electrons. The summed E-state index contributed by atoms with van der Waals surface area (Å²) in [6.45, 7) is 3.72. The Bertz CT molecular complexity index is 315. The van der Waals surface area contributed by atoms with Gasteiger partial charge in [0.05, 0.1) is 6.61 Å². The van der Waals surface area contributed by atoms with Crippen LogP contribution in [0.5, 0.6) is 0 Å². The number of nitrogens with zero attached hydrogens (tertiary/aromatic N) is 1. The molecule has 0 rings (SSSR count). The van der Waals surface area contributed by atoms with Crippen molar-refractivity contribution in [2.75, 3.05) is 20.2 Å². The van der Waals surface area contributed by atoms with Crippen molar-refractivity contribution in [1.29, 1.82) is 0 Å². The largest absolute Gasteiger partial charge is 0.449 e. The molecule has 0 aliphatic rings. The molecule has 16 heavy (non-hydrogen) atoms. The third kappa shape index (κ3) is 5.89. The second-order valence-corrected chi connectivity index (χ2v) is 5.19. The minimum Gasteiger partial charge on any atom is -0.449 e. The van der Waals surface area contributed by atoms with Gasteiger partial charge in [-0.15, -0.1) is 0 Å². The van der Waals surface area contributed by atoms with Gasteiger partial charge < -0.3 is 10.5 Å². The van der Waals surface area contributed by atoms with Crippen LogP contribution in [0.1, 0.15) is 20.3 Å². The van der Waals surface area contributed by atoms with E-state index in [2.05, 4.69) is 4.74 Å². The fraction of sp³-hybridized carbons (Fsp3) is 0.875. The molecule has 3 N–H and O–H groups in total. The van der Waals surface area contributed by atoms with Crippen LogP contribution in [0.2, 0.25) is 0 Å². The Hall–Kier alpha value is -0.860. The maximum absolute atomic E-state index is 11.5. The molecule has 1 atom stereocenters. The third-order valence-electron chi connectivity index (χ3n) is 1.80. The molecule has 0 aromatic rings. The number of amides is 1. The second kappa shape index (κ2) is 6.66. The number of hydrogen-bond acceptors (Lipinski definition) is 5. The van der Waals surface area contributed by atoms with E-state index in [9.17, 15) is 13.2 Å². The molecule has 0 saturated carbocycles. The van der Waals surface area contributed by atoms with Crippen molar-refractivity contribution in [3.8, 4) is 0 Å². The van der Waals surface area contributed by atoms with Gasteiger partial charge in [0.25, 0.3) is 0 Å². The van der Waals surface area contributed by atoms with Crippen LogP contribution in [-0.4, -0.2) is 45.1 Å². The summed E-state index contributed by atoms with van der Waals surface area (Å²) in [5.74, 6) is 0. The third-order valence-corrected chi connectivity index (χ3v) is 3.23. The van der Waals surface area contributed by atoms with Crippen molar-refractivity contribution < 1.29 is 17.9 Å². The molecular weight excluding hydrogens is 234 g/mol. The SMILES string of the molecule is CCOC(=O)NS(=O)(=O)N(C)CCC(C)N. The van der Waals surface area contributed by atoms with Crippen molar-refractivity contribution in [3.63, 3.8) is 0 Å². The van der Waals surface area contributed by atoms with Crippen LogP contribution in [0.4, 0.5) is 4.79 Å². The molecule has 8 heteroatoms. The van der Waals surface area contributed by atoms with E-state index >= 15 is 0 Å². The number of nitrogens with two attached hydrogens (primary N) is 1. The van der Waals surface area contributed by atoms with Crippen molar-refractivity contribution in [1.82, 2.24) is 9.03 Å². The molecule has 0 heterocycles. The van der Waals surface area contributed by atoms with Crippen molar-refractivity contribution >= 4 is 16.3 Å². The number of nitrogens with one attached hydrogen (secondary N) is 1. The second-order valence-electron chi connectivity index (χ2n) is 3.42. The highest BCUT2D eigenvalue weighted by atomic mass is 32.2. The fourth-order valence-electron chi connectivity index (χ4n) is 0.849. The predicted octanol–water partition coefficient (Wildman–Crippen LogP) is -0.354. The molecule has 0 bridgehead atoms. The van der Waals surface area contributed by atoms with E-state index in [1.54, 1.807) is 18.6 Å². The molecule has 0 aliphatic carbocycles. The monoisotopic (exact) mass is 253 g/mol. The van der Waals surface area contributed by atoms with Crippen LogP contribution < -0.4 is 10.5 Å². The maximum atomic E-state index is 11.5. The molecule has 0 aliphatic heterocycles. The lowest BCUT2D eigenvalue weighted by molar-refractivity contribution is 0.158. The van der Waals surface area contributed by atoms with Crippen LogP contribution >= 0.6 is 0 Å². The first-order valence-corrected chi connectivity index (χ1v) is 6.40. The summed E-state index contributed by atoms with van der Waals surface area (Å²) < 4.78 is 30.3. The highest BCUT2D eigenvalue weighted by Crippen LogP contribution is 1.98. The van der Waals surface area contributed by atoms with Gasteiger partial charge in [0.2, 0.25) is 0 Å². The number of hydrogen-bond donors (Lipinski definition) is 2. The Morgan fingerprint density at radius 3 is 2.56 bits per heavy atom. The summed E-state index contributed by atoms with van der Waals surface area (Å²) >= 11 is 0. The summed E-state index contributed by atoms with van der Waals surface area (Å²) in [5, 5.41) is 0. The standard InChI is InChI=1S/C8H19N3O4S/c1-4-15-8(12)10-16(13,14)11(3)6-5-7(2)9/h7H,4-6,9H2,1-3H3,(H,10,12). The Kier molecular flexibility index (Phi) is 6.31. The summed E-state index contributed by atoms with van der Waals surface area (Å²) in [6, 6.07) is -0.0970. The van der Waals surface area contributed by atoms with E-state index in [1.807, 2.05) is 0 Å². The van der Waals surface area contributed by atoms with Crippen molar-refractivity contribution in [2.45, 2.75) is 26.3 Å². The number of rotatable bonds is 6. The van der Waals surface area contributed by atoms with Crippen LogP contribution in [0.15, 0.2) is 0 Å². The normalized spacial score (nSPS) is 13.6. The Balaban J connectivity index is 4.26. The van der Waals surface area contributed by atoms with Gasteiger partial charge in [0.15, 0.2) is 0 Å². The van der Waals surface area contributed by atoms with Crippen LogP contribution in [0.25, 0.3) is 0 Å². The molecule has 0 saturated heterocycles. The summed E-state index contributed by atoms with van der Waals surface area (Å²) in [5.41, 5.74) is 5.50. The Labute approximate surface area is 96.1 Å². The zero-order chi connectivity index (χ0) is 12.8.